The van der Waals surface area contributed by atoms with Crippen LogP contribution < -0.4 is 21.5 Å². The average molecular weight is 563 g/mol. The predicted octanol–water partition coefficient (Wildman–Crippen LogP) is 5.58. The highest BCUT2D eigenvalue weighted by Crippen LogP contribution is 2.54. The van der Waals surface area contributed by atoms with Crippen molar-refractivity contribution in [3.05, 3.63) is 75.7 Å². The Morgan fingerprint density at radius 1 is 1.02 bits per heavy atom. The highest BCUT2D eigenvalue weighted by Gasteiger charge is 2.48. The summed E-state index contributed by atoms with van der Waals surface area (Å²) in [5.74, 6) is -2.58. The molecule has 1 saturated heterocycles. The summed E-state index contributed by atoms with van der Waals surface area (Å²) in [5.41, 5.74) is 7.22. The third-order valence-corrected chi connectivity index (χ3v) is 8.74. The Kier molecular flexibility index (Phi) is 6.99. The molecule has 1 aliphatic carbocycles. The van der Waals surface area contributed by atoms with Gasteiger partial charge in [0.25, 0.3) is 11.5 Å². The number of carbonyl (C=O) groups excluding carboxylic acids is 1. The van der Waals surface area contributed by atoms with Crippen LogP contribution >= 0.6 is 0 Å². The summed E-state index contributed by atoms with van der Waals surface area (Å²) < 4.78 is 29.4. The van der Waals surface area contributed by atoms with E-state index in [4.69, 9.17) is 10.7 Å². The van der Waals surface area contributed by atoms with Gasteiger partial charge >= 0.3 is 0 Å². The molecule has 0 atom stereocenters. The number of nitrogens with two attached hydrogens (primary N) is 1. The van der Waals surface area contributed by atoms with Crippen LogP contribution in [0.5, 0.6) is 0 Å². The molecule has 8 nitrogen and oxygen atoms in total. The van der Waals surface area contributed by atoms with Gasteiger partial charge in [0.1, 0.15) is 11.4 Å². The maximum Gasteiger partial charge on any atom is 0.276 e. The number of carbonyl (C=O) groups is 1. The van der Waals surface area contributed by atoms with Gasteiger partial charge in [-0.1, -0.05) is 26.8 Å². The van der Waals surface area contributed by atoms with Gasteiger partial charge in [-0.3, -0.25) is 14.6 Å². The van der Waals surface area contributed by atoms with Crippen molar-refractivity contribution >= 4 is 29.2 Å². The summed E-state index contributed by atoms with van der Waals surface area (Å²) in [4.78, 5) is 33.1. The molecule has 5 rings (SSSR count). The van der Waals surface area contributed by atoms with Crippen LogP contribution in [0.3, 0.4) is 0 Å². The molecule has 2 aliphatic rings. The molecule has 0 radical (unpaired) electrons. The molecular weight excluding hydrogens is 526 g/mol. The number of aromatic nitrogens is 2. The van der Waals surface area contributed by atoms with Gasteiger partial charge in [-0.15, -0.1) is 0 Å². The Labute approximate surface area is 238 Å². The lowest BCUT2D eigenvalue weighted by atomic mass is 9.77. The van der Waals surface area contributed by atoms with E-state index >= 15 is 0 Å². The number of nitrogens with one attached hydrogen (secondary N) is 1. The smallest absolute Gasteiger partial charge is 0.276 e. The first-order valence-electron chi connectivity index (χ1n) is 13.8. The van der Waals surface area contributed by atoms with Crippen molar-refractivity contribution in [2.24, 2.45) is 15.8 Å². The van der Waals surface area contributed by atoms with Crippen molar-refractivity contribution in [1.29, 1.82) is 0 Å². The molecule has 1 aromatic heterocycles. The number of para-hydroxylation sites is 1. The van der Waals surface area contributed by atoms with Crippen molar-refractivity contribution in [2.45, 2.75) is 59.4 Å². The number of nitrogen functional groups attached to an aromatic ring is 1. The number of aliphatic imine (C=N–C) groups is 1. The fourth-order valence-electron chi connectivity index (χ4n) is 4.90. The summed E-state index contributed by atoms with van der Waals surface area (Å²) in [7, 11) is 0. The third-order valence-electron chi connectivity index (χ3n) is 8.74. The fraction of sp³-hybridized carbons (Fsp3) is 0.419. The second-order valence-corrected chi connectivity index (χ2v) is 12.7. The van der Waals surface area contributed by atoms with Gasteiger partial charge in [-0.25, -0.2) is 8.78 Å². The summed E-state index contributed by atoms with van der Waals surface area (Å²) in [5, 5.41) is 6.91. The van der Waals surface area contributed by atoms with E-state index in [1.165, 1.54) is 25.0 Å². The molecule has 2 heterocycles. The molecule has 0 unspecified atom stereocenters. The zero-order valence-electron chi connectivity index (χ0n) is 24.1. The summed E-state index contributed by atoms with van der Waals surface area (Å²) in [6.45, 7) is 12.2. The van der Waals surface area contributed by atoms with E-state index in [9.17, 15) is 18.4 Å². The standard InChI is InChI=1S/C31H36F2N6O2/c1-29(2,3)30(4,5)35-17-19-22(34)9-10-23(26(19)38-16-15-31(18-38)13-14-31)36-28(41)24-11-12-25(40)39(37-24)27-20(32)7-6-8-21(27)33/h6-12,17H,13-16,18,34H2,1-5H3,(H,36,41). The molecule has 216 valence electrons. The van der Waals surface area contributed by atoms with Crippen LogP contribution in [0.4, 0.5) is 25.8 Å². The minimum atomic E-state index is -0.969. The number of anilines is 3. The molecule has 3 aromatic rings. The average Bonchev–Trinajstić information content (AvgIpc) is 3.53. The van der Waals surface area contributed by atoms with Gasteiger partial charge in [-0.2, -0.15) is 9.78 Å². The van der Waals surface area contributed by atoms with Gasteiger partial charge < -0.3 is 16.0 Å². The lowest BCUT2D eigenvalue weighted by Crippen LogP contribution is -2.34. The first kappa shape index (κ1) is 28.4. The molecular formula is C31H36F2N6O2. The Morgan fingerprint density at radius 2 is 1.71 bits per heavy atom. The van der Waals surface area contributed by atoms with Gasteiger partial charge in [0.15, 0.2) is 11.6 Å². The largest absolute Gasteiger partial charge is 0.398 e. The van der Waals surface area contributed by atoms with E-state index in [0.29, 0.717) is 27.0 Å². The van der Waals surface area contributed by atoms with E-state index in [0.717, 1.165) is 43.4 Å². The van der Waals surface area contributed by atoms with Gasteiger partial charge in [0.2, 0.25) is 0 Å². The molecule has 1 spiro atoms. The van der Waals surface area contributed by atoms with Crippen molar-refractivity contribution in [2.75, 3.05) is 29.0 Å². The van der Waals surface area contributed by atoms with Crippen molar-refractivity contribution in [1.82, 2.24) is 9.78 Å². The minimum Gasteiger partial charge on any atom is -0.398 e. The van der Waals surface area contributed by atoms with Crippen LogP contribution in [-0.2, 0) is 0 Å². The Bertz CT molecular complexity index is 1580. The van der Waals surface area contributed by atoms with Gasteiger partial charge in [-0.05, 0) is 74.3 Å². The lowest BCUT2D eigenvalue weighted by molar-refractivity contribution is 0.102. The van der Waals surface area contributed by atoms with Crippen LogP contribution in [0, 0.1) is 22.5 Å². The van der Waals surface area contributed by atoms with E-state index in [-0.39, 0.29) is 11.1 Å². The lowest BCUT2D eigenvalue weighted by Gasteiger charge is -2.35. The predicted molar refractivity (Wildman–Crippen MR) is 158 cm³/mol. The number of amides is 1. The number of rotatable bonds is 6. The number of hydrogen-bond acceptors (Lipinski definition) is 6. The highest BCUT2D eigenvalue weighted by atomic mass is 19.1. The van der Waals surface area contributed by atoms with Crippen LogP contribution in [0.1, 0.15) is 69.9 Å². The molecule has 1 amide bonds. The molecule has 2 fully saturated rings. The number of hydrogen-bond donors (Lipinski definition) is 2. The van der Waals surface area contributed by atoms with Crippen LogP contribution in [0.2, 0.25) is 0 Å². The first-order valence-corrected chi connectivity index (χ1v) is 13.8. The number of nitrogens with zero attached hydrogens (tertiary/aromatic N) is 4. The van der Waals surface area contributed by atoms with Crippen LogP contribution in [0.25, 0.3) is 5.69 Å². The first-order chi connectivity index (χ1) is 19.2. The minimum absolute atomic E-state index is 0.109. The maximum absolute atomic E-state index is 14.4. The highest BCUT2D eigenvalue weighted by molar-refractivity contribution is 6.08. The van der Waals surface area contributed by atoms with E-state index in [2.05, 4.69) is 49.9 Å². The Morgan fingerprint density at radius 3 is 2.32 bits per heavy atom. The Balaban J connectivity index is 1.55. The topological polar surface area (TPSA) is 106 Å². The van der Waals surface area contributed by atoms with E-state index in [1.54, 1.807) is 18.3 Å². The van der Waals surface area contributed by atoms with E-state index in [1.807, 2.05) is 0 Å². The van der Waals surface area contributed by atoms with Gasteiger partial charge in [0.05, 0.1) is 16.9 Å². The second-order valence-electron chi connectivity index (χ2n) is 12.7. The molecule has 2 aromatic carbocycles. The van der Waals surface area contributed by atoms with Crippen molar-refractivity contribution in [3.63, 3.8) is 0 Å². The van der Waals surface area contributed by atoms with Crippen LogP contribution in [0.15, 0.2) is 52.3 Å². The zero-order chi connectivity index (χ0) is 29.7. The Hall–Kier alpha value is -4.08. The SMILES string of the molecule is CC(C)(C)C(C)(C)N=Cc1c(N)ccc(NC(=O)c2ccc(=O)n(-c3c(F)cccc3F)n2)c1N1CCC2(CC2)C1. The van der Waals surface area contributed by atoms with Gasteiger partial charge in [0, 0.05) is 36.6 Å². The molecule has 1 saturated carbocycles. The molecule has 41 heavy (non-hydrogen) atoms. The molecule has 10 heteroatoms. The molecule has 1 aliphatic heterocycles. The second kappa shape index (κ2) is 10.1. The summed E-state index contributed by atoms with van der Waals surface area (Å²) in [6.07, 6.45) is 5.20. The summed E-state index contributed by atoms with van der Waals surface area (Å²) >= 11 is 0. The number of halogens is 2. The summed E-state index contributed by atoms with van der Waals surface area (Å²) in [6, 6.07) is 8.97. The van der Waals surface area contributed by atoms with Crippen LogP contribution in [-0.4, -0.2) is 40.5 Å². The monoisotopic (exact) mass is 562 g/mol. The quantitative estimate of drug-likeness (QED) is 0.302. The normalized spacial score (nSPS) is 16.5. The maximum atomic E-state index is 14.4. The van der Waals surface area contributed by atoms with Crippen molar-refractivity contribution < 1.29 is 13.6 Å². The molecule has 3 N–H and O–H groups in total. The number of benzene rings is 2. The fourth-order valence-corrected chi connectivity index (χ4v) is 4.90. The van der Waals surface area contributed by atoms with Crippen molar-refractivity contribution in [3.8, 4) is 5.69 Å². The third kappa shape index (κ3) is 5.47. The molecule has 0 bridgehead atoms. The zero-order valence-corrected chi connectivity index (χ0v) is 24.1. The van der Waals surface area contributed by atoms with E-state index < -0.39 is 34.3 Å².